The third-order valence-corrected chi connectivity index (χ3v) is 6.21. The molecular weight excluding hydrogens is 373 g/mol. The van der Waals surface area contributed by atoms with Crippen molar-refractivity contribution in [3.8, 4) is 0 Å². The summed E-state index contributed by atoms with van der Waals surface area (Å²) in [6, 6.07) is 10.3. The second kappa shape index (κ2) is 7.98. The number of rotatable bonds is 6. The molecule has 2 aromatic carbocycles. The number of esters is 1. The molecule has 0 amide bonds. The predicted molar refractivity (Wildman–Crippen MR) is 95.4 cm³/mol. The number of hydrogen-bond acceptors (Lipinski definition) is 5. The number of hydrogen-bond donors (Lipinski definition) is 0. The molecule has 1 heterocycles. The van der Waals surface area contributed by atoms with E-state index in [1.54, 1.807) is 0 Å². The number of halogens is 1. The first-order chi connectivity index (χ1) is 12.9. The third-order valence-electron chi connectivity index (χ3n) is 4.29. The number of nitrogens with zero attached hydrogens (tertiary/aromatic N) is 1. The molecule has 0 saturated carbocycles. The van der Waals surface area contributed by atoms with Gasteiger partial charge in [0.2, 0.25) is 10.0 Å². The topological polar surface area (TPSA) is 80.8 Å². The Morgan fingerprint density at radius 3 is 2.07 bits per heavy atom. The zero-order valence-corrected chi connectivity index (χ0v) is 15.2. The van der Waals surface area contributed by atoms with Crippen molar-refractivity contribution in [3.63, 3.8) is 0 Å². The molecule has 0 aromatic heterocycles. The SMILES string of the molecule is O=C(COC(=O)c1ccc(F)cc1)c1ccc(S(=O)(=O)N2CCCC2)cc1. The molecule has 0 radical (unpaired) electrons. The van der Waals surface area contributed by atoms with Crippen LogP contribution in [0, 0.1) is 5.82 Å². The Kier molecular flexibility index (Phi) is 5.67. The van der Waals surface area contributed by atoms with Gasteiger partial charge in [-0.15, -0.1) is 0 Å². The normalized spacial score (nSPS) is 14.9. The van der Waals surface area contributed by atoms with E-state index in [4.69, 9.17) is 4.74 Å². The van der Waals surface area contributed by atoms with Crippen LogP contribution in [0.5, 0.6) is 0 Å². The molecule has 0 unspecified atom stereocenters. The van der Waals surface area contributed by atoms with E-state index in [1.807, 2.05) is 0 Å². The second-order valence-corrected chi connectivity index (χ2v) is 8.08. The lowest BCUT2D eigenvalue weighted by molar-refractivity contribution is 0.0474. The Morgan fingerprint density at radius 1 is 0.926 bits per heavy atom. The quantitative estimate of drug-likeness (QED) is 0.559. The van der Waals surface area contributed by atoms with Gasteiger partial charge in [0.25, 0.3) is 0 Å². The number of benzene rings is 2. The van der Waals surface area contributed by atoms with Crippen molar-refractivity contribution in [1.82, 2.24) is 4.31 Å². The van der Waals surface area contributed by atoms with Gasteiger partial charge in [-0.3, -0.25) is 4.79 Å². The van der Waals surface area contributed by atoms with E-state index < -0.39 is 34.2 Å². The summed E-state index contributed by atoms with van der Waals surface area (Å²) in [5.74, 6) is -1.68. The highest BCUT2D eigenvalue weighted by Gasteiger charge is 2.27. The number of ketones is 1. The van der Waals surface area contributed by atoms with E-state index in [0.29, 0.717) is 13.1 Å². The predicted octanol–water partition coefficient (Wildman–Crippen LogP) is 2.65. The molecule has 1 aliphatic heterocycles. The van der Waals surface area contributed by atoms with Gasteiger partial charge in [-0.1, -0.05) is 0 Å². The summed E-state index contributed by atoms with van der Waals surface area (Å²) in [6.45, 7) is 0.513. The Balaban J connectivity index is 1.62. The van der Waals surface area contributed by atoms with Crippen LogP contribution in [0.3, 0.4) is 0 Å². The number of ether oxygens (including phenoxy) is 1. The molecular formula is C19H18FNO5S. The van der Waals surface area contributed by atoms with E-state index >= 15 is 0 Å². The van der Waals surface area contributed by atoms with Crippen molar-refractivity contribution < 1.29 is 27.1 Å². The van der Waals surface area contributed by atoms with Crippen molar-refractivity contribution in [2.45, 2.75) is 17.7 Å². The molecule has 0 aliphatic carbocycles. The summed E-state index contributed by atoms with van der Waals surface area (Å²) >= 11 is 0. The van der Waals surface area contributed by atoms with Gasteiger partial charge in [0.05, 0.1) is 10.5 Å². The van der Waals surface area contributed by atoms with E-state index in [0.717, 1.165) is 25.0 Å². The van der Waals surface area contributed by atoms with Gasteiger partial charge in [0.15, 0.2) is 12.4 Å². The zero-order valence-electron chi connectivity index (χ0n) is 14.4. The van der Waals surface area contributed by atoms with Crippen molar-refractivity contribution in [2.75, 3.05) is 19.7 Å². The average Bonchev–Trinajstić information content (AvgIpc) is 3.22. The molecule has 1 fully saturated rings. The summed E-state index contributed by atoms with van der Waals surface area (Å²) in [5, 5.41) is 0. The molecule has 0 atom stereocenters. The van der Waals surface area contributed by atoms with E-state index in [9.17, 15) is 22.4 Å². The highest BCUT2D eigenvalue weighted by Crippen LogP contribution is 2.21. The van der Waals surface area contributed by atoms with Crippen molar-refractivity contribution in [3.05, 3.63) is 65.5 Å². The van der Waals surface area contributed by atoms with E-state index in [1.165, 1.54) is 40.7 Å². The minimum Gasteiger partial charge on any atom is -0.454 e. The first-order valence-corrected chi connectivity index (χ1v) is 9.88. The van der Waals surface area contributed by atoms with Crippen molar-refractivity contribution in [1.29, 1.82) is 0 Å². The molecule has 8 heteroatoms. The Bertz CT molecular complexity index is 933. The molecule has 0 N–H and O–H groups in total. The fourth-order valence-electron chi connectivity index (χ4n) is 2.77. The molecule has 6 nitrogen and oxygen atoms in total. The van der Waals surface area contributed by atoms with Gasteiger partial charge in [-0.25, -0.2) is 17.6 Å². The summed E-state index contributed by atoms with van der Waals surface area (Å²) in [4.78, 5) is 24.1. The van der Waals surface area contributed by atoms with Gasteiger partial charge in [-0.2, -0.15) is 4.31 Å². The van der Waals surface area contributed by atoms with Gasteiger partial charge in [0, 0.05) is 18.7 Å². The van der Waals surface area contributed by atoms with Crippen molar-refractivity contribution in [2.24, 2.45) is 0 Å². The van der Waals surface area contributed by atoms with Crippen molar-refractivity contribution >= 4 is 21.8 Å². The summed E-state index contributed by atoms with van der Waals surface area (Å²) < 4.78 is 44.1. The fourth-order valence-corrected chi connectivity index (χ4v) is 4.29. The van der Waals surface area contributed by atoms with Gasteiger partial charge >= 0.3 is 5.97 Å². The van der Waals surface area contributed by atoms with Crippen LogP contribution in [0.4, 0.5) is 4.39 Å². The lowest BCUT2D eigenvalue weighted by Crippen LogP contribution is -2.27. The zero-order chi connectivity index (χ0) is 19.4. The summed E-state index contributed by atoms with van der Waals surface area (Å²) in [5.41, 5.74) is 0.374. The molecule has 1 aliphatic rings. The van der Waals surface area contributed by atoms with E-state index in [2.05, 4.69) is 0 Å². The number of sulfonamides is 1. The number of carbonyl (C=O) groups is 2. The molecule has 27 heavy (non-hydrogen) atoms. The van der Waals surface area contributed by atoms with Crippen LogP contribution in [-0.4, -0.2) is 44.2 Å². The maximum Gasteiger partial charge on any atom is 0.338 e. The van der Waals surface area contributed by atoms with Crippen LogP contribution < -0.4 is 0 Å². The third kappa shape index (κ3) is 4.40. The first-order valence-electron chi connectivity index (χ1n) is 8.44. The Hall–Kier alpha value is -2.58. The number of carbonyl (C=O) groups excluding carboxylic acids is 2. The highest BCUT2D eigenvalue weighted by molar-refractivity contribution is 7.89. The van der Waals surface area contributed by atoms with Gasteiger partial charge in [0.1, 0.15) is 5.82 Å². The first kappa shape index (κ1) is 19.2. The minimum absolute atomic E-state index is 0.129. The van der Waals surface area contributed by atoms with Crippen LogP contribution in [0.2, 0.25) is 0 Å². The van der Waals surface area contributed by atoms with Crippen LogP contribution in [0.15, 0.2) is 53.4 Å². The maximum absolute atomic E-state index is 12.8. The molecule has 1 saturated heterocycles. The average molecular weight is 391 g/mol. The number of Topliss-reactive ketones (excluding diaryl/α,β-unsaturated/α-hetero) is 1. The standard InChI is InChI=1S/C19H18FNO5S/c20-16-7-3-15(4-8-16)19(23)26-13-18(22)14-5-9-17(10-6-14)27(24,25)21-11-1-2-12-21/h3-10H,1-2,11-13H2. The van der Waals surface area contributed by atoms with Crippen LogP contribution in [0.1, 0.15) is 33.6 Å². The Labute approximate surface area is 156 Å². The minimum atomic E-state index is -3.54. The lowest BCUT2D eigenvalue weighted by atomic mass is 10.1. The monoisotopic (exact) mass is 391 g/mol. The fraction of sp³-hybridized carbons (Fsp3) is 0.263. The summed E-state index contributed by atoms with van der Waals surface area (Å²) in [7, 11) is -3.54. The molecule has 142 valence electrons. The molecule has 0 spiro atoms. The smallest absolute Gasteiger partial charge is 0.338 e. The Morgan fingerprint density at radius 2 is 1.48 bits per heavy atom. The van der Waals surface area contributed by atoms with E-state index in [-0.39, 0.29) is 16.0 Å². The second-order valence-electron chi connectivity index (χ2n) is 6.14. The summed E-state index contributed by atoms with van der Waals surface area (Å²) in [6.07, 6.45) is 1.68. The van der Waals surface area contributed by atoms with Crippen LogP contribution >= 0.6 is 0 Å². The van der Waals surface area contributed by atoms with Gasteiger partial charge in [-0.05, 0) is 61.4 Å². The largest absolute Gasteiger partial charge is 0.454 e. The van der Waals surface area contributed by atoms with Crippen LogP contribution in [-0.2, 0) is 14.8 Å². The maximum atomic E-state index is 12.8. The van der Waals surface area contributed by atoms with Gasteiger partial charge < -0.3 is 4.74 Å². The highest BCUT2D eigenvalue weighted by atomic mass is 32.2. The molecule has 0 bridgehead atoms. The van der Waals surface area contributed by atoms with Crippen LogP contribution in [0.25, 0.3) is 0 Å². The molecule has 3 rings (SSSR count). The molecule has 2 aromatic rings. The lowest BCUT2D eigenvalue weighted by Gasteiger charge is -2.15.